The van der Waals surface area contributed by atoms with Gasteiger partial charge in [-0.05, 0) is 50.1 Å². The fourth-order valence-corrected chi connectivity index (χ4v) is 2.39. The third-order valence-corrected chi connectivity index (χ3v) is 3.48. The standard InChI is InChI=1S/C20H27N3O3.2ClH/c1-20(2,3)23-19(24)14-26-17-8-7-15(10-18(17)25-4)11-22-13-16-6-5-9-21-12-16;;/h5-10,12,22H,11,13-14H2,1-4H3,(H,23,24);2*1H. The van der Waals surface area contributed by atoms with E-state index in [2.05, 4.69) is 15.6 Å². The zero-order valence-corrected chi connectivity index (χ0v) is 18.3. The molecule has 156 valence electrons. The summed E-state index contributed by atoms with van der Waals surface area (Å²) in [6.45, 7) is 7.17. The molecule has 0 aliphatic rings. The van der Waals surface area contributed by atoms with Gasteiger partial charge in [0.2, 0.25) is 0 Å². The zero-order chi connectivity index (χ0) is 19.0. The third-order valence-electron chi connectivity index (χ3n) is 3.48. The first-order chi connectivity index (χ1) is 12.4. The van der Waals surface area contributed by atoms with Crippen molar-refractivity contribution < 1.29 is 14.3 Å². The molecule has 0 bridgehead atoms. The van der Waals surface area contributed by atoms with Crippen LogP contribution in [0.15, 0.2) is 42.7 Å². The molecule has 0 saturated carbocycles. The number of nitrogens with zero attached hydrogens (tertiary/aromatic N) is 1. The summed E-state index contributed by atoms with van der Waals surface area (Å²) in [6, 6.07) is 9.63. The van der Waals surface area contributed by atoms with Crippen molar-refractivity contribution in [2.24, 2.45) is 0 Å². The van der Waals surface area contributed by atoms with Crippen LogP contribution in [0.1, 0.15) is 31.9 Å². The first kappa shape index (κ1) is 26.0. The number of hydrogen-bond acceptors (Lipinski definition) is 5. The van der Waals surface area contributed by atoms with E-state index in [1.165, 1.54) is 0 Å². The highest BCUT2D eigenvalue weighted by atomic mass is 35.5. The quantitative estimate of drug-likeness (QED) is 0.671. The molecule has 0 aliphatic heterocycles. The second-order valence-electron chi connectivity index (χ2n) is 7.04. The Morgan fingerprint density at radius 1 is 1.07 bits per heavy atom. The number of benzene rings is 1. The van der Waals surface area contributed by atoms with Crippen molar-refractivity contribution in [3.05, 3.63) is 53.9 Å². The third kappa shape index (κ3) is 9.26. The van der Waals surface area contributed by atoms with Gasteiger partial charge in [-0.1, -0.05) is 12.1 Å². The number of aromatic nitrogens is 1. The smallest absolute Gasteiger partial charge is 0.258 e. The molecule has 1 heterocycles. The lowest BCUT2D eigenvalue weighted by Crippen LogP contribution is -2.43. The molecule has 1 aromatic heterocycles. The average molecular weight is 430 g/mol. The summed E-state index contributed by atoms with van der Waals surface area (Å²) in [7, 11) is 1.59. The van der Waals surface area contributed by atoms with E-state index in [0.717, 1.165) is 17.7 Å². The van der Waals surface area contributed by atoms with Gasteiger partial charge in [-0.2, -0.15) is 0 Å². The number of hydrogen-bond donors (Lipinski definition) is 2. The molecule has 0 radical (unpaired) electrons. The van der Waals surface area contributed by atoms with Gasteiger partial charge in [-0.25, -0.2) is 0 Å². The fraction of sp³-hybridized carbons (Fsp3) is 0.400. The average Bonchev–Trinajstić information content (AvgIpc) is 2.60. The lowest BCUT2D eigenvalue weighted by molar-refractivity contribution is -0.124. The number of methoxy groups -OCH3 is 1. The number of ether oxygens (including phenoxy) is 2. The van der Waals surface area contributed by atoms with Gasteiger partial charge in [-0.15, -0.1) is 24.8 Å². The normalized spacial score (nSPS) is 10.3. The van der Waals surface area contributed by atoms with Crippen LogP contribution in [0, 0.1) is 0 Å². The van der Waals surface area contributed by atoms with Crippen LogP contribution in [0.5, 0.6) is 11.5 Å². The van der Waals surface area contributed by atoms with Crippen molar-refractivity contribution in [2.75, 3.05) is 13.7 Å². The lowest BCUT2D eigenvalue weighted by Gasteiger charge is -2.20. The molecule has 28 heavy (non-hydrogen) atoms. The van der Waals surface area contributed by atoms with Crippen LogP contribution < -0.4 is 20.1 Å². The Bertz CT molecular complexity index is 722. The monoisotopic (exact) mass is 429 g/mol. The van der Waals surface area contributed by atoms with Crippen molar-refractivity contribution in [2.45, 2.75) is 39.4 Å². The number of rotatable bonds is 8. The number of carbonyl (C=O) groups excluding carboxylic acids is 1. The van der Waals surface area contributed by atoms with Crippen LogP contribution in [0.25, 0.3) is 0 Å². The maximum Gasteiger partial charge on any atom is 0.258 e. The molecule has 0 aliphatic carbocycles. The second kappa shape index (κ2) is 12.4. The number of nitrogens with one attached hydrogen (secondary N) is 2. The number of pyridine rings is 1. The maximum atomic E-state index is 11.9. The summed E-state index contributed by atoms with van der Waals surface area (Å²) in [5.74, 6) is 0.989. The molecule has 1 amide bonds. The summed E-state index contributed by atoms with van der Waals surface area (Å²) < 4.78 is 11.0. The Labute approximate surface area is 179 Å². The molecular weight excluding hydrogens is 401 g/mol. The van der Waals surface area contributed by atoms with Gasteiger partial charge in [0, 0.05) is 31.0 Å². The van der Waals surface area contributed by atoms with Crippen molar-refractivity contribution in [1.29, 1.82) is 0 Å². The van der Waals surface area contributed by atoms with Crippen molar-refractivity contribution in [1.82, 2.24) is 15.6 Å². The van der Waals surface area contributed by atoms with Crippen LogP contribution in [0.3, 0.4) is 0 Å². The van der Waals surface area contributed by atoms with Gasteiger partial charge in [0.05, 0.1) is 7.11 Å². The molecule has 2 aromatic rings. The molecule has 8 heteroatoms. The maximum absolute atomic E-state index is 11.9. The Morgan fingerprint density at radius 2 is 1.79 bits per heavy atom. The summed E-state index contributed by atoms with van der Waals surface area (Å²) in [5.41, 5.74) is 1.91. The fourth-order valence-electron chi connectivity index (χ4n) is 2.39. The molecule has 0 saturated heterocycles. The first-order valence-electron chi connectivity index (χ1n) is 8.58. The Kier molecular flexibility index (Phi) is 11.5. The minimum absolute atomic E-state index is 0. The summed E-state index contributed by atoms with van der Waals surface area (Å²) in [4.78, 5) is 16.0. The highest BCUT2D eigenvalue weighted by Gasteiger charge is 2.15. The van der Waals surface area contributed by atoms with Crippen LogP contribution in [0.2, 0.25) is 0 Å². The van der Waals surface area contributed by atoms with E-state index in [0.29, 0.717) is 18.0 Å². The van der Waals surface area contributed by atoms with E-state index < -0.39 is 0 Å². The van der Waals surface area contributed by atoms with Crippen molar-refractivity contribution >= 4 is 30.7 Å². The van der Waals surface area contributed by atoms with E-state index in [1.807, 2.05) is 57.3 Å². The lowest BCUT2D eigenvalue weighted by atomic mass is 10.1. The van der Waals surface area contributed by atoms with Crippen molar-refractivity contribution in [3.8, 4) is 11.5 Å². The molecule has 6 nitrogen and oxygen atoms in total. The predicted molar refractivity (Wildman–Crippen MR) is 116 cm³/mol. The van der Waals surface area contributed by atoms with Gasteiger partial charge in [0.15, 0.2) is 18.1 Å². The molecule has 0 spiro atoms. The summed E-state index contributed by atoms with van der Waals surface area (Å²) in [5, 5.41) is 6.23. The zero-order valence-electron chi connectivity index (χ0n) is 16.7. The van der Waals surface area contributed by atoms with Gasteiger partial charge >= 0.3 is 0 Å². The van der Waals surface area contributed by atoms with E-state index in [9.17, 15) is 4.79 Å². The van der Waals surface area contributed by atoms with Gasteiger partial charge in [0.25, 0.3) is 5.91 Å². The Balaban J connectivity index is 0.00000364. The highest BCUT2D eigenvalue weighted by Crippen LogP contribution is 2.28. The van der Waals surface area contributed by atoms with Gasteiger partial charge in [0.1, 0.15) is 0 Å². The SMILES string of the molecule is COc1cc(CNCc2cccnc2)ccc1OCC(=O)NC(C)(C)C.Cl.Cl. The molecule has 0 unspecified atom stereocenters. The topological polar surface area (TPSA) is 72.5 Å². The summed E-state index contributed by atoms with van der Waals surface area (Å²) >= 11 is 0. The molecular formula is C20H29Cl2N3O3. The number of halogens is 2. The van der Waals surface area contributed by atoms with Crippen LogP contribution in [-0.2, 0) is 17.9 Å². The van der Waals surface area contributed by atoms with Crippen LogP contribution >= 0.6 is 24.8 Å². The van der Waals surface area contributed by atoms with E-state index in [4.69, 9.17) is 9.47 Å². The van der Waals surface area contributed by atoms with Gasteiger partial charge < -0.3 is 20.1 Å². The second-order valence-corrected chi connectivity index (χ2v) is 7.04. The summed E-state index contributed by atoms with van der Waals surface area (Å²) in [6.07, 6.45) is 3.60. The van der Waals surface area contributed by atoms with E-state index in [-0.39, 0.29) is 42.9 Å². The number of amides is 1. The van der Waals surface area contributed by atoms with Crippen LogP contribution in [0.4, 0.5) is 0 Å². The first-order valence-corrected chi connectivity index (χ1v) is 8.58. The Morgan fingerprint density at radius 3 is 2.39 bits per heavy atom. The molecule has 0 atom stereocenters. The molecule has 2 N–H and O–H groups in total. The largest absolute Gasteiger partial charge is 0.493 e. The van der Waals surface area contributed by atoms with Crippen molar-refractivity contribution in [3.63, 3.8) is 0 Å². The predicted octanol–water partition coefficient (Wildman–Crippen LogP) is 3.52. The highest BCUT2D eigenvalue weighted by molar-refractivity contribution is 5.85. The Hall–Kier alpha value is -2.02. The molecule has 1 aromatic carbocycles. The number of carbonyl (C=O) groups is 1. The molecule has 2 rings (SSSR count). The van der Waals surface area contributed by atoms with Crippen LogP contribution in [-0.4, -0.2) is 30.1 Å². The van der Waals surface area contributed by atoms with Gasteiger partial charge in [-0.3, -0.25) is 9.78 Å². The van der Waals surface area contributed by atoms with E-state index >= 15 is 0 Å². The minimum Gasteiger partial charge on any atom is -0.493 e. The minimum atomic E-state index is -0.283. The van der Waals surface area contributed by atoms with E-state index in [1.54, 1.807) is 13.3 Å². The molecule has 0 fully saturated rings.